The highest BCUT2D eigenvalue weighted by atomic mass is 16.5. The molecule has 0 fully saturated rings. The summed E-state index contributed by atoms with van der Waals surface area (Å²) in [5, 5.41) is 13.6. The molecule has 0 radical (unpaired) electrons. The van der Waals surface area contributed by atoms with Crippen LogP contribution >= 0.6 is 0 Å². The molecule has 30 heavy (non-hydrogen) atoms. The molecule has 6 nitrogen and oxygen atoms in total. The van der Waals surface area contributed by atoms with E-state index in [9.17, 15) is 4.79 Å². The topological polar surface area (TPSA) is 86.4 Å². The summed E-state index contributed by atoms with van der Waals surface area (Å²) in [5.41, 5.74) is 8.54. The van der Waals surface area contributed by atoms with Gasteiger partial charge in [-0.25, -0.2) is 5.48 Å². The third kappa shape index (κ3) is 4.10. The molecule has 0 aliphatic heterocycles. The molecule has 3 aromatic rings. The van der Waals surface area contributed by atoms with E-state index < -0.39 is 5.91 Å². The maximum Gasteiger partial charge on any atom is 0.267 e. The van der Waals surface area contributed by atoms with Gasteiger partial charge < -0.3 is 15.0 Å². The van der Waals surface area contributed by atoms with Crippen LogP contribution < -0.4 is 15.5 Å². The predicted octanol–water partition coefficient (Wildman–Crippen LogP) is 3.90. The molecule has 156 valence electrons. The van der Waals surface area contributed by atoms with Gasteiger partial charge in [0.1, 0.15) is 5.75 Å². The van der Waals surface area contributed by atoms with Gasteiger partial charge in [0, 0.05) is 29.2 Å². The van der Waals surface area contributed by atoms with Crippen LogP contribution in [0.5, 0.6) is 5.75 Å². The summed E-state index contributed by atoms with van der Waals surface area (Å²) < 4.78 is 5.36. The molecular weight excluding hydrogens is 378 g/mol. The monoisotopic (exact) mass is 405 g/mol. The Morgan fingerprint density at radius 1 is 1.30 bits per heavy atom. The van der Waals surface area contributed by atoms with E-state index in [1.807, 2.05) is 19.1 Å². The quantitative estimate of drug-likeness (QED) is 0.273. The van der Waals surface area contributed by atoms with Crippen LogP contribution in [-0.2, 0) is 17.6 Å². The van der Waals surface area contributed by atoms with E-state index in [0.717, 1.165) is 48.2 Å². The summed E-state index contributed by atoms with van der Waals surface area (Å²) in [7, 11) is 1.69. The highest BCUT2D eigenvalue weighted by Gasteiger charge is 2.22. The van der Waals surface area contributed by atoms with Crippen LogP contribution in [0.25, 0.3) is 16.5 Å². The second-order valence-electron chi connectivity index (χ2n) is 7.74. The molecule has 2 aromatic carbocycles. The number of rotatable bonds is 7. The van der Waals surface area contributed by atoms with Gasteiger partial charge in [-0.3, -0.25) is 10.0 Å². The van der Waals surface area contributed by atoms with E-state index in [2.05, 4.69) is 40.8 Å². The number of carbonyl (C=O) groups is 1. The summed E-state index contributed by atoms with van der Waals surface area (Å²) in [5.74, 6) is 0.361. The first kappa shape index (κ1) is 20.2. The Balaban J connectivity index is 1.41. The first-order chi connectivity index (χ1) is 14.6. The number of aromatic amines is 1. The number of fused-ring (bicyclic) bond motifs is 2. The standard InChI is InChI=1S/C24H27N3O3/c1-15(11-24(28)27-29)16-3-6-20-17(12-16)4-7-22(20)25-10-9-18-14-26-23-8-5-19(30-2)13-21(18)23/h3,5-6,8,11-14,22,25-26,29H,4,7,9-10H2,1-2H3,(H,27,28). The van der Waals surface area contributed by atoms with Crippen LogP contribution in [0.4, 0.5) is 0 Å². The number of hydrogen-bond donors (Lipinski definition) is 4. The zero-order chi connectivity index (χ0) is 21.1. The van der Waals surface area contributed by atoms with Gasteiger partial charge in [-0.05, 0) is 78.8 Å². The van der Waals surface area contributed by atoms with Crippen LogP contribution in [0, 0.1) is 0 Å². The van der Waals surface area contributed by atoms with Gasteiger partial charge in [-0.15, -0.1) is 0 Å². The maximum absolute atomic E-state index is 11.4. The van der Waals surface area contributed by atoms with Gasteiger partial charge in [-0.2, -0.15) is 0 Å². The van der Waals surface area contributed by atoms with Crippen molar-refractivity contribution >= 4 is 22.4 Å². The lowest BCUT2D eigenvalue weighted by atomic mass is 10.00. The van der Waals surface area contributed by atoms with Crippen molar-refractivity contribution in [2.45, 2.75) is 32.2 Å². The number of amides is 1. The Morgan fingerprint density at radius 3 is 2.97 bits per heavy atom. The summed E-state index contributed by atoms with van der Waals surface area (Å²) in [4.78, 5) is 14.7. The average Bonchev–Trinajstić information content (AvgIpc) is 3.36. The predicted molar refractivity (Wildman–Crippen MR) is 118 cm³/mol. The minimum atomic E-state index is -0.512. The van der Waals surface area contributed by atoms with E-state index in [-0.39, 0.29) is 0 Å². The maximum atomic E-state index is 11.4. The number of aromatic nitrogens is 1. The number of aryl methyl sites for hydroxylation is 1. The minimum Gasteiger partial charge on any atom is -0.497 e. The third-order valence-electron chi connectivity index (χ3n) is 5.89. The van der Waals surface area contributed by atoms with Crippen molar-refractivity contribution in [2.75, 3.05) is 13.7 Å². The van der Waals surface area contributed by atoms with Crippen LogP contribution in [-0.4, -0.2) is 29.8 Å². The van der Waals surface area contributed by atoms with Gasteiger partial charge in [0.15, 0.2) is 0 Å². The number of carbonyl (C=O) groups excluding carboxylic acids is 1. The summed E-state index contributed by atoms with van der Waals surface area (Å²) in [6.45, 7) is 2.77. The molecule has 4 N–H and O–H groups in total. The van der Waals surface area contributed by atoms with Crippen molar-refractivity contribution in [3.05, 3.63) is 70.9 Å². The van der Waals surface area contributed by atoms with Gasteiger partial charge in [0.2, 0.25) is 0 Å². The number of benzene rings is 2. The van der Waals surface area contributed by atoms with Crippen LogP contribution in [0.1, 0.15) is 41.6 Å². The molecule has 1 heterocycles. The van der Waals surface area contributed by atoms with Crippen molar-refractivity contribution in [2.24, 2.45) is 0 Å². The van der Waals surface area contributed by atoms with Crippen LogP contribution in [0.3, 0.4) is 0 Å². The molecule has 1 amide bonds. The number of H-pyrrole nitrogens is 1. The summed E-state index contributed by atoms with van der Waals surface area (Å²) in [6.07, 6.45) is 6.51. The summed E-state index contributed by atoms with van der Waals surface area (Å²) in [6, 6.07) is 12.8. The Bertz CT molecular complexity index is 1100. The normalized spacial score (nSPS) is 16.0. The van der Waals surface area contributed by atoms with Crippen molar-refractivity contribution in [3.63, 3.8) is 0 Å². The van der Waals surface area contributed by atoms with E-state index in [1.165, 1.54) is 28.2 Å². The lowest BCUT2D eigenvalue weighted by Crippen LogP contribution is -2.21. The van der Waals surface area contributed by atoms with Crippen molar-refractivity contribution in [1.29, 1.82) is 0 Å². The average molecular weight is 405 g/mol. The molecule has 1 aliphatic rings. The summed E-state index contributed by atoms with van der Waals surface area (Å²) >= 11 is 0. The van der Waals surface area contributed by atoms with Crippen molar-refractivity contribution < 1.29 is 14.7 Å². The Labute approximate surface area is 175 Å². The van der Waals surface area contributed by atoms with Crippen LogP contribution in [0.2, 0.25) is 0 Å². The number of hydroxylamine groups is 1. The number of methoxy groups -OCH3 is 1. The van der Waals surface area contributed by atoms with E-state index in [4.69, 9.17) is 9.94 Å². The number of allylic oxidation sites excluding steroid dienone is 1. The van der Waals surface area contributed by atoms with Gasteiger partial charge in [0.25, 0.3) is 5.91 Å². The first-order valence-corrected chi connectivity index (χ1v) is 10.2. The highest BCUT2D eigenvalue weighted by Crippen LogP contribution is 2.33. The fourth-order valence-corrected chi connectivity index (χ4v) is 4.26. The fraction of sp³-hybridized carbons (Fsp3) is 0.292. The minimum absolute atomic E-state index is 0.346. The molecular formula is C24H27N3O3. The molecule has 1 atom stereocenters. The molecule has 1 unspecified atom stereocenters. The second kappa shape index (κ2) is 8.73. The van der Waals surface area contributed by atoms with Gasteiger partial charge in [0.05, 0.1) is 7.11 Å². The van der Waals surface area contributed by atoms with E-state index in [1.54, 1.807) is 12.6 Å². The highest BCUT2D eigenvalue weighted by molar-refractivity contribution is 5.94. The molecule has 0 saturated carbocycles. The Morgan fingerprint density at radius 2 is 2.17 bits per heavy atom. The molecule has 1 aliphatic carbocycles. The van der Waals surface area contributed by atoms with Gasteiger partial charge >= 0.3 is 0 Å². The zero-order valence-corrected chi connectivity index (χ0v) is 17.3. The molecule has 0 spiro atoms. The lowest BCUT2D eigenvalue weighted by Gasteiger charge is -2.14. The molecule has 4 rings (SSSR count). The SMILES string of the molecule is COc1ccc2[nH]cc(CCNC3CCc4cc(C(C)=CC(=O)NO)ccc43)c2c1. The smallest absolute Gasteiger partial charge is 0.267 e. The number of hydrogen-bond acceptors (Lipinski definition) is 4. The second-order valence-corrected chi connectivity index (χ2v) is 7.74. The lowest BCUT2D eigenvalue weighted by molar-refractivity contribution is -0.124. The molecule has 0 saturated heterocycles. The molecule has 0 bridgehead atoms. The Kier molecular flexibility index (Phi) is 5.88. The zero-order valence-electron chi connectivity index (χ0n) is 17.3. The fourth-order valence-electron chi connectivity index (χ4n) is 4.26. The largest absolute Gasteiger partial charge is 0.497 e. The van der Waals surface area contributed by atoms with E-state index in [0.29, 0.717) is 6.04 Å². The number of ether oxygens (including phenoxy) is 1. The molecule has 1 aromatic heterocycles. The van der Waals surface area contributed by atoms with Crippen molar-refractivity contribution in [1.82, 2.24) is 15.8 Å². The first-order valence-electron chi connectivity index (χ1n) is 10.2. The molecule has 6 heteroatoms. The number of nitrogens with one attached hydrogen (secondary N) is 3. The van der Waals surface area contributed by atoms with Gasteiger partial charge in [-0.1, -0.05) is 18.2 Å². The Hall–Kier alpha value is -3.09. The third-order valence-corrected chi connectivity index (χ3v) is 5.89. The van der Waals surface area contributed by atoms with E-state index >= 15 is 0 Å². The van der Waals surface area contributed by atoms with Crippen molar-refractivity contribution in [3.8, 4) is 5.75 Å². The van der Waals surface area contributed by atoms with Crippen LogP contribution in [0.15, 0.2) is 48.7 Å².